The van der Waals surface area contributed by atoms with Gasteiger partial charge in [0.15, 0.2) is 23.4 Å². The molecule has 0 aromatic heterocycles. The number of hydrogen-bond donors (Lipinski definition) is 5. The first-order valence-electron chi connectivity index (χ1n) is 9.67. The summed E-state index contributed by atoms with van der Waals surface area (Å²) in [6, 6.07) is 10.5. The van der Waals surface area contributed by atoms with Crippen molar-refractivity contribution in [2.45, 2.75) is 24.7 Å². The number of phenolic OH excluding ortho intramolecular Hbond substituents is 3. The maximum Gasteiger partial charge on any atom is 0.339 e. The van der Waals surface area contributed by atoms with Crippen LogP contribution in [0.25, 0.3) is 6.08 Å². The molecule has 0 heterocycles. The van der Waals surface area contributed by atoms with Crippen molar-refractivity contribution in [3.05, 3.63) is 71.3 Å². The van der Waals surface area contributed by atoms with Crippen LogP contribution in [-0.2, 0) is 19.1 Å². The number of carboxylic acid groups (broad SMARTS) is 1. The summed E-state index contributed by atoms with van der Waals surface area (Å²) in [4.78, 5) is 36.1. The summed E-state index contributed by atoms with van der Waals surface area (Å²) >= 11 is 0. The summed E-state index contributed by atoms with van der Waals surface area (Å²) in [7, 11) is 0. The Kier molecular flexibility index (Phi) is 6.99. The van der Waals surface area contributed by atoms with Gasteiger partial charge in [0.1, 0.15) is 12.2 Å². The van der Waals surface area contributed by atoms with Crippen LogP contribution >= 0.6 is 0 Å². The molecule has 2 aromatic carbocycles. The number of phenols is 3. The molecule has 0 aliphatic heterocycles. The lowest BCUT2D eigenvalue weighted by molar-refractivity contribution is -0.154. The summed E-state index contributed by atoms with van der Waals surface area (Å²) in [5.74, 6) is -5.75. The number of carbonyl (C=O) groups is 3. The van der Waals surface area contributed by atoms with Crippen molar-refractivity contribution in [2.24, 2.45) is 0 Å². The van der Waals surface area contributed by atoms with Crippen molar-refractivity contribution < 1.29 is 49.4 Å². The van der Waals surface area contributed by atoms with E-state index in [0.29, 0.717) is 0 Å². The second kappa shape index (κ2) is 9.88. The average Bonchev–Trinajstić information content (AvgIpc) is 2.78. The highest BCUT2D eigenvalue weighted by Gasteiger charge is 2.38. The molecule has 0 fully saturated rings. The SMILES string of the molecule is O=C(C=Cc1ccccc1)O[C@H]1CC(C(=O)O)=C[C@H](OC(=O)c2cc(O)c(O)c(O)c2)[C@@H]1O. The Balaban J connectivity index is 1.75. The van der Waals surface area contributed by atoms with E-state index in [1.807, 2.05) is 0 Å². The third-order valence-corrected chi connectivity index (χ3v) is 4.81. The number of hydrogen-bond acceptors (Lipinski definition) is 9. The molecule has 0 saturated carbocycles. The third-order valence-electron chi connectivity index (χ3n) is 4.81. The van der Waals surface area contributed by atoms with Gasteiger partial charge < -0.3 is 35.0 Å². The number of carbonyl (C=O) groups excluding carboxylic acids is 2. The fraction of sp³-hybridized carbons (Fsp3) is 0.174. The van der Waals surface area contributed by atoms with Gasteiger partial charge in [0.25, 0.3) is 0 Å². The smallest absolute Gasteiger partial charge is 0.339 e. The van der Waals surface area contributed by atoms with Crippen molar-refractivity contribution in [2.75, 3.05) is 0 Å². The highest BCUT2D eigenvalue weighted by atomic mass is 16.6. The van der Waals surface area contributed by atoms with Crippen LogP contribution in [-0.4, -0.2) is 61.8 Å². The molecule has 33 heavy (non-hydrogen) atoms. The van der Waals surface area contributed by atoms with E-state index in [4.69, 9.17) is 9.47 Å². The van der Waals surface area contributed by atoms with Gasteiger partial charge in [-0.25, -0.2) is 14.4 Å². The highest BCUT2D eigenvalue weighted by Crippen LogP contribution is 2.36. The number of esters is 2. The molecule has 0 amide bonds. The van der Waals surface area contributed by atoms with E-state index in [0.717, 1.165) is 29.8 Å². The average molecular weight is 456 g/mol. The molecule has 0 saturated heterocycles. The third kappa shape index (κ3) is 5.69. The molecule has 1 aliphatic rings. The lowest BCUT2D eigenvalue weighted by atomic mass is 9.92. The zero-order valence-electron chi connectivity index (χ0n) is 17.0. The van der Waals surface area contributed by atoms with Gasteiger partial charge >= 0.3 is 17.9 Å². The standard InChI is InChI=1S/C23H20O10/c24-15-8-14(9-16(25)20(15)27)23(31)33-18-11-13(22(29)30)10-17(21(18)28)32-19(26)7-6-12-4-2-1-3-5-12/h1-9,11,17-18,21,24-25,27-28H,10H2,(H,29,30)/t17-,18-,21+/m0/s1. The quantitative estimate of drug-likeness (QED) is 0.245. The van der Waals surface area contributed by atoms with Gasteiger partial charge in [0, 0.05) is 18.1 Å². The molecular weight excluding hydrogens is 436 g/mol. The Morgan fingerprint density at radius 2 is 1.61 bits per heavy atom. The number of ether oxygens (including phenoxy) is 2. The van der Waals surface area contributed by atoms with Gasteiger partial charge in [-0.2, -0.15) is 0 Å². The first-order valence-corrected chi connectivity index (χ1v) is 9.67. The maximum absolute atomic E-state index is 12.4. The molecule has 172 valence electrons. The van der Waals surface area contributed by atoms with E-state index in [1.54, 1.807) is 30.3 Å². The molecule has 3 rings (SSSR count). The van der Waals surface area contributed by atoms with Gasteiger partial charge in [-0.3, -0.25) is 0 Å². The Labute approximate surface area is 187 Å². The number of aliphatic carboxylic acids is 1. The number of aliphatic hydroxyl groups is 1. The molecule has 0 radical (unpaired) electrons. The zero-order chi connectivity index (χ0) is 24.1. The Morgan fingerprint density at radius 3 is 2.21 bits per heavy atom. The van der Waals surface area contributed by atoms with Crippen LogP contribution in [0, 0.1) is 0 Å². The van der Waals surface area contributed by atoms with Crippen LogP contribution < -0.4 is 0 Å². The molecule has 1 aliphatic carbocycles. The summed E-state index contributed by atoms with van der Waals surface area (Å²) in [5, 5.41) is 48.4. The largest absolute Gasteiger partial charge is 0.504 e. The van der Waals surface area contributed by atoms with Crippen LogP contribution in [0.4, 0.5) is 0 Å². The minimum Gasteiger partial charge on any atom is -0.504 e. The molecule has 3 atom stereocenters. The molecular formula is C23H20O10. The van der Waals surface area contributed by atoms with Gasteiger partial charge in [-0.15, -0.1) is 0 Å². The molecule has 0 bridgehead atoms. The fourth-order valence-electron chi connectivity index (χ4n) is 3.12. The Morgan fingerprint density at radius 1 is 0.970 bits per heavy atom. The monoisotopic (exact) mass is 456 g/mol. The van der Waals surface area contributed by atoms with Gasteiger partial charge in [-0.1, -0.05) is 30.3 Å². The van der Waals surface area contributed by atoms with E-state index >= 15 is 0 Å². The van der Waals surface area contributed by atoms with Crippen LogP contribution in [0.1, 0.15) is 22.3 Å². The topological polar surface area (TPSA) is 171 Å². The molecule has 10 nitrogen and oxygen atoms in total. The van der Waals surface area contributed by atoms with Crippen molar-refractivity contribution in [1.29, 1.82) is 0 Å². The number of rotatable bonds is 6. The summed E-state index contributed by atoms with van der Waals surface area (Å²) in [6.45, 7) is 0. The number of aliphatic hydroxyl groups excluding tert-OH is 1. The summed E-state index contributed by atoms with van der Waals surface area (Å²) in [5.41, 5.74) is 0.0986. The highest BCUT2D eigenvalue weighted by molar-refractivity contribution is 5.92. The van der Waals surface area contributed by atoms with E-state index < -0.39 is 53.5 Å². The van der Waals surface area contributed by atoms with Crippen molar-refractivity contribution in [3.63, 3.8) is 0 Å². The predicted molar refractivity (Wildman–Crippen MR) is 112 cm³/mol. The van der Waals surface area contributed by atoms with Gasteiger partial charge in [0.2, 0.25) is 0 Å². The predicted octanol–water partition coefficient (Wildman–Crippen LogP) is 1.73. The van der Waals surface area contributed by atoms with Crippen molar-refractivity contribution >= 4 is 24.0 Å². The minimum absolute atomic E-state index is 0.251. The number of aromatic hydroxyl groups is 3. The van der Waals surface area contributed by atoms with Crippen LogP contribution in [0.5, 0.6) is 17.2 Å². The lowest BCUT2D eigenvalue weighted by Gasteiger charge is -2.31. The zero-order valence-corrected chi connectivity index (χ0v) is 17.0. The van der Waals surface area contributed by atoms with E-state index in [9.17, 15) is 39.9 Å². The fourth-order valence-corrected chi connectivity index (χ4v) is 3.12. The lowest BCUT2D eigenvalue weighted by Crippen LogP contribution is -2.45. The van der Waals surface area contributed by atoms with Gasteiger partial charge in [0.05, 0.1) is 5.56 Å². The number of benzene rings is 2. The van der Waals surface area contributed by atoms with E-state index in [1.165, 1.54) is 6.08 Å². The molecule has 2 aromatic rings. The normalized spacial score (nSPS) is 20.2. The summed E-state index contributed by atoms with van der Waals surface area (Å²) in [6.07, 6.45) is -1.15. The van der Waals surface area contributed by atoms with Crippen molar-refractivity contribution in [1.82, 2.24) is 0 Å². The minimum atomic E-state index is -1.59. The van der Waals surface area contributed by atoms with Crippen LogP contribution in [0.15, 0.2) is 60.2 Å². The first kappa shape index (κ1) is 23.4. The molecule has 0 spiro atoms. The maximum atomic E-state index is 12.4. The Hall–Kier alpha value is -4.31. The first-order chi connectivity index (χ1) is 15.7. The van der Waals surface area contributed by atoms with Gasteiger partial charge in [-0.05, 0) is 29.8 Å². The number of carboxylic acids is 1. The summed E-state index contributed by atoms with van der Waals surface area (Å²) < 4.78 is 10.3. The molecule has 5 N–H and O–H groups in total. The molecule has 10 heteroatoms. The second-order valence-electron chi connectivity index (χ2n) is 7.14. The van der Waals surface area contributed by atoms with Crippen LogP contribution in [0.3, 0.4) is 0 Å². The van der Waals surface area contributed by atoms with Crippen molar-refractivity contribution in [3.8, 4) is 17.2 Å². The second-order valence-corrected chi connectivity index (χ2v) is 7.14. The van der Waals surface area contributed by atoms with Crippen LogP contribution in [0.2, 0.25) is 0 Å². The Bertz CT molecular complexity index is 1100. The van der Waals surface area contributed by atoms with E-state index in [-0.39, 0.29) is 17.6 Å². The molecule has 0 unspecified atom stereocenters. The van der Waals surface area contributed by atoms with E-state index in [2.05, 4.69) is 0 Å².